The maximum atomic E-state index is 11.5. The molecule has 0 unspecified atom stereocenters. The van der Waals surface area contributed by atoms with Gasteiger partial charge in [-0.1, -0.05) is 52.0 Å². The van der Waals surface area contributed by atoms with E-state index in [1.165, 1.54) is 7.11 Å². The molecule has 0 amide bonds. The number of halogens is 1. The van der Waals surface area contributed by atoms with Crippen LogP contribution in [0.3, 0.4) is 0 Å². The predicted molar refractivity (Wildman–Crippen MR) is 99.2 cm³/mol. The summed E-state index contributed by atoms with van der Waals surface area (Å²) in [6, 6.07) is 13.3. The number of esters is 1. The minimum atomic E-state index is -0.309. The Morgan fingerprint density at radius 1 is 1.24 bits per heavy atom. The Labute approximate surface area is 155 Å². The minimum Gasteiger partial charge on any atom is -0.488 e. The molecule has 0 saturated heterocycles. The van der Waals surface area contributed by atoms with E-state index < -0.39 is 0 Å². The molecule has 1 N–H and O–H groups in total. The molecular weight excluding hydrogens is 384 g/mol. The zero-order valence-corrected chi connectivity index (χ0v) is 15.5. The minimum absolute atomic E-state index is 0.00199. The van der Waals surface area contributed by atoms with Crippen molar-refractivity contribution < 1.29 is 19.4 Å². The van der Waals surface area contributed by atoms with E-state index >= 15 is 0 Å². The van der Waals surface area contributed by atoms with Crippen molar-refractivity contribution in [3.63, 3.8) is 0 Å². The smallest absolute Gasteiger partial charge is 0.309 e. The van der Waals surface area contributed by atoms with E-state index in [-0.39, 0.29) is 19.0 Å². The second-order valence-corrected chi connectivity index (χ2v) is 6.09. The zero-order valence-electron chi connectivity index (χ0n) is 13.9. The fourth-order valence-corrected chi connectivity index (χ4v) is 2.53. The lowest BCUT2D eigenvalue weighted by molar-refractivity contribution is -0.139. The Hall–Kier alpha value is -2.29. The third-order valence-corrected chi connectivity index (χ3v) is 4.19. The quantitative estimate of drug-likeness (QED) is 0.593. The van der Waals surface area contributed by atoms with Crippen molar-refractivity contribution in [3.05, 3.63) is 63.6 Å². The highest BCUT2D eigenvalue weighted by molar-refractivity contribution is 9.10. The van der Waals surface area contributed by atoms with Gasteiger partial charge in [0.25, 0.3) is 0 Å². The van der Waals surface area contributed by atoms with Crippen molar-refractivity contribution in [2.75, 3.05) is 13.7 Å². The van der Waals surface area contributed by atoms with Gasteiger partial charge >= 0.3 is 5.97 Å². The highest BCUT2D eigenvalue weighted by Gasteiger charge is 2.08. The number of carbonyl (C=O) groups excluding carboxylic acids is 1. The van der Waals surface area contributed by atoms with Crippen LogP contribution in [0.4, 0.5) is 0 Å². The van der Waals surface area contributed by atoms with Crippen LogP contribution in [-0.4, -0.2) is 24.8 Å². The van der Waals surface area contributed by atoms with Crippen molar-refractivity contribution in [1.82, 2.24) is 0 Å². The van der Waals surface area contributed by atoms with Crippen molar-refractivity contribution in [2.45, 2.75) is 19.4 Å². The summed E-state index contributed by atoms with van der Waals surface area (Å²) in [6.07, 6.45) is 0.556. The number of rotatable bonds is 6. The van der Waals surface area contributed by atoms with Gasteiger partial charge in [-0.05, 0) is 23.8 Å². The van der Waals surface area contributed by atoms with E-state index in [2.05, 4.69) is 27.8 Å². The Morgan fingerprint density at radius 3 is 2.76 bits per heavy atom. The Kier molecular flexibility index (Phi) is 7.52. The van der Waals surface area contributed by atoms with Gasteiger partial charge in [0.15, 0.2) is 0 Å². The molecule has 0 atom stereocenters. The summed E-state index contributed by atoms with van der Waals surface area (Å²) in [5.74, 6) is 6.21. The van der Waals surface area contributed by atoms with Crippen LogP contribution in [0.25, 0.3) is 0 Å². The van der Waals surface area contributed by atoms with Gasteiger partial charge in [-0.3, -0.25) is 4.79 Å². The van der Waals surface area contributed by atoms with Crippen LogP contribution in [0, 0.1) is 11.8 Å². The highest BCUT2D eigenvalue weighted by Crippen LogP contribution is 2.23. The third kappa shape index (κ3) is 5.93. The average Bonchev–Trinajstić information content (AvgIpc) is 2.62. The van der Waals surface area contributed by atoms with E-state index in [1.54, 1.807) is 6.07 Å². The lowest BCUT2D eigenvalue weighted by atomic mass is 10.1. The van der Waals surface area contributed by atoms with Crippen LogP contribution in [-0.2, 0) is 22.6 Å². The molecule has 5 heteroatoms. The van der Waals surface area contributed by atoms with Crippen LogP contribution in [0.5, 0.6) is 5.75 Å². The first kappa shape index (κ1) is 19.0. The molecule has 25 heavy (non-hydrogen) atoms. The molecule has 0 fully saturated rings. The summed E-state index contributed by atoms with van der Waals surface area (Å²) in [5.41, 5.74) is 2.51. The normalized spacial score (nSPS) is 9.88. The molecule has 0 aliphatic carbocycles. The van der Waals surface area contributed by atoms with Crippen molar-refractivity contribution in [2.24, 2.45) is 0 Å². The van der Waals surface area contributed by atoms with Gasteiger partial charge in [0, 0.05) is 16.5 Å². The van der Waals surface area contributed by atoms with Gasteiger partial charge in [0.05, 0.1) is 25.7 Å². The Morgan fingerprint density at radius 2 is 2.04 bits per heavy atom. The number of aliphatic hydroxyl groups is 1. The monoisotopic (exact) mass is 402 g/mol. The fourth-order valence-electron chi connectivity index (χ4n) is 2.13. The van der Waals surface area contributed by atoms with E-state index in [9.17, 15) is 4.79 Å². The molecule has 2 aromatic carbocycles. The summed E-state index contributed by atoms with van der Waals surface area (Å²) < 4.78 is 11.6. The molecule has 2 aromatic rings. The van der Waals surface area contributed by atoms with Crippen molar-refractivity contribution in [1.29, 1.82) is 0 Å². The molecule has 2 rings (SSSR count). The van der Waals surface area contributed by atoms with Crippen molar-refractivity contribution >= 4 is 21.9 Å². The number of carbonyl (C=O) groups is 1. The summed E-state index contributed by atoms with van der Waals surface area (Å²) in [5, 5.41) is 8.90. The average molecular weight is 403 g/mol. The lowest BCUT2D eigenvalue weighted by Crippen LogP contribution is -2.05. The zero-order chi connectivity index (χ0) is 18.1. The first-order valence-corrected chi connectivity index (χ1v) is 8.59. The second kappa shape index (κ2) is 9.87. The molecule has 0 heterocycles. The van der Waals surface area contributed by atoms with Crippen LogP contribution in [0.15, 0.2) is 46.9 Å². The predicted octanol–water partition coefficient (Wildman–Crippen LogP) is 3.48. The largest absolute Gasteiger partial charge is 0.488 e. The van der Waals surface area contributed by atoms with Gasteiger partial charge in [-0.25, -0.2) is 0 Å². The maximum absolute atomic E-state index is 11.5. The molecule has 0 spiro atoms. The first-order chi connectivity index (χ1) is 12.1. The number of ether oxygens (including phenoxy) is 2. The Bertz CT molecular complexity index is 790. The molecule has 0 aliphatic rings. The number of methoxy groups -OCH3 is 1. The second-order valence-electron chi connectivity index (χ2n) is 5.24. The first-order valence-electron chi connectivity index (χ1n) is 7.79. The molecule has 0 radical (unpaired) electrons. The summed E-state index contributed by atoms with van der Waals surface area (Å²) >= 11 is 3.50. The van der Waals surface area contributed by atoms with E-state index in [0.717, 1.165) is 15.6 Å². The lowest BCUT2D eigenvalue weighted by Gasteiger charge is -2.11. The molecule has 4 nitrogen and oxygen atoms in total. The van der Waals surface area contributed by atoms with Gasteiger partial charge in [0.1, 0.15) is 12.4 Å². The number of hydrogen-bond donors (Lipinski definition) is 1. The van der Waals surface area contributed by atoms with Crippen molar-refractivity contribution in [3.8, 4) is 17.6 Å². The van der Waals surface area contributed by atoms with Gasteiger partial charge in [-0.15, -0.1) is 0 Å². The topological polar surface area (TPSA) is 55.8 Å². The van der Waals surface area contributed by atoms with Gasteiger partial charge in [-0.2, -0.15) is 0 Å². The number of hydrogen-bond acceptors (Lipinski definition) is 4. The fraction of sp³-hybridized carbons (Fsp3) is 0.250. The van der Waals surface area contributed by atoms with Crippen LogP contribution in [0.1, 0.15) is 23.1 Å². The Balaban J connectivity index is 2.21. The maximum Gasteiger partial charge on any atom is 0.309 e. The van der Waals surface area contributed by atoms with Gasteiger partial charge in [0.2, 0.25) is 0 Å². The molecule has 0 saturated carbocycles. The number of benzene rings is 2. The molecule has 0 aliphatic heterocycles. The van der Waals surface area contributed by atoms with Gasteiger partial charge < -0.3 is 14.6 Å². The standard InChI is InChI=1S/C20H19BrO4/c1-24-20(23)13-15-9-10-19(16(12-15)6-4-5-11-22)25-14-17-7-2-3-8-18(17)21/h2-3,7-10,12,22H,5,11,13-14H2,1H3. The number of aliphatic hydroxyl groups excluding tert-OH is 1. The van der Waals surface area contributed by atoms with Crippen LogP contribution in [0.2, 0.25) is 0 Å². The van der Waals surface area contributed by atoms with E-state index in [0.29, 0.717) is 24.3 Å². The highest BCUT2D eigenvalue weighted by atomic mass is 79.9. The molecule has 0 bridgehead atoms. The molecular formula is C20H19BrO4. The van der Waals surface area contributed by atoms with Crippen LogP contribution < -0.4 is 4.74 Å². The van der Waals surface area contributed by atoms with Crippen LogP contribution >= 0.6 is 15.9 Å². The van der Waals surface area contributed by atoms with E-state index in [4.69, 9.17) is 14.6 Å². The summed E-state index contributed by atoms with van der Waals surface area (Å²) in [4.78, 5) is 11.5. The molecule has 130 valence electrons. The molecule has 0 aromatic heterocycles. The third-order valence-electron chi connectivity index (χ3n) is 3.42. The summed E-state index contributed by atoms with van der Waals surface area (Å²) in [6.45, 7) is 0.397. The summed E-state index contributed by atoms with van der Waals surface area (Å²) in [7, 11) is 1.36. The SMILES string of the molecule is COC(=O)Cc1ccc(OCc2ccccc2Br)c(C#CCCO)c1. The van der Waals surface area contributed by atoms with E-state index in [1.807, 2.05) is 36.4 Å².